The van der Waals surface area contributed by atoms with E-state index in [9.17, 15) is 14.4 Å². The summed E-state index contributed by atoms with van der Waals surface area (Å²) >= 11 is 0. The van der Waals surface area contributed by atoms with Gasteiger partial charge in [-0.05, 0) is 36.6 Å². The van der Waals surface area contributed by atoms with Crippen LogP contribution in [-0.2, 0) is 4.79 Å². The minimum atomic E-state index is -0.949. The number of anilines is 3. The molecule has 2 aromatic heterocycles. The summed E-state index contributed by atoms with van der Waals surface area (Å²) < 4.78 is 0. The van der Waals surface area contributed by atoms with Crippen LogP contribution < -0.4 is 27.5 Å². The van der Waals surface area contributed by atoms with Gasteiger partial charge in [0.15, 0.2) is 5.82 Å². The summed E-state index contributed by atoms with van der Waals surface area (Å²) in [4.78, 5) is 47.0. The fourth-order valence-electron chi connectivity index (χ4n) is 3.17. The highest BCUT2D eigenvalue weighted by atomic mass is 16.2. The Bertz CT molecular complexity index is 1140. The third-order valence-electron chi connectivity index (χ3n) is 4.73. The van der Waals surface area contributed by atoms with E-state index in [0.717, 1.165) is 16.3 Å². The molecule has 166 valence electrons. The molecule has 0 aliphatic heterocycles. The SMILES string of the molecule is CC(C)C[C@H](C=O)N(N)c1nc(Nc2ccc(-c3ccccn3)cc2)c(C(N)=O)c(=O)[nH]1. The van der Waals surface area contributed by atoms with Gasteiger partial charge in [-0.1, -0.05) is 32.0 Å². The van der Waals surface area contributed by atoms with Crippen molar-refractivity contribution in [2.45, 2.75) is 26.3 Å². The first-order chi connectivity index (χ1) is 15.3. The highest BCUT2D eigenvalue weighted by Crippen LogP contribution is 2.23. The number of hydrazine groups is 1. The molecule has 2 heterocycles. The number of nitrogens with zero attached hydrogens (tertiary/aromatic N) is 3. The number of pyridine rings is 1. The molecule has 1 amide bonds. The highest BCUT2D eigenvalue weighted by Gasteiger charge is 2.23. The van der Waals surface area contributed by atoms with Crippen molar-refractivity contribution in [1.82, 2.24) is 15.0 Å². The fourth-order valence-corrected chi connectivity index (χ4v) is 3.17. The Hall–Kier alpha value is -4.05. The van der Waals surface area contributed by atoms with Crippen molar-refractivity contribution < 1.29 is 9.59 Å². The number of carbonyl (C=O) groups excluding carboxylic acids is 2. The second-order valence-corrected chi connectivity index (χ2v) is 7.63. The molecule has 3 aromatic rings. The minimum Gasteiger partial charge on any atom is -0.365 e. The molecule has 0 saturated carbocycles. The predicted molar refractivity (Wildman–Crippen MR) is 122 cm³/mol. The second kappa shape index (κ2) is 9.84. The number of primary amides is 1. The molecule has 32 heavy (non-hydrogen) atoms. The molecule has 3 rings (SSSR count). The van der Waals surface area contributed by atoms with Crippen LogP contribution in [0.15, 0.2) is 53.5 Å². The zero-order valence-corrected chi connectivity index (χ0v) is 17.8. The number of aldehydes is 1. The van der Waals surface area contributed by atoms with Crippen LogP contribution in [0.2, 0.25) is 0 Å². The molecule has 1 atom stereocenters. The second-order valence-electron chi connectivity index (χ2n) is 7.63. The van der Waals surface area contributed by atoms with Gasteiger partial charge in [0.1, 0.15) is 17.9 Å². The molecule has 0 bridgehead atoms. The summed E-state index contributed by atoms with van der Waals surface area (Å²) in [5.74, 6) is 5.17. The maximum absolute atomic E-state index is 12.6. The van der Waals surface area contributed by atoms with Crippen LogP contribution in [0.3, 0.4) is 0 Å². The van der Waals surface area contributed by atoms with Crippen molar-refractivity contribution in [1.29, 1.82) is 0 Å². The summed E-state index contributed by atoms with van der Waals surface area (Å²) in [6.07, 6.45) is 2.84. The number of amides is 1. The average molecular weight is 435 g/mol. The van der Waals surface area contributed by atoms with Crippen molar-refractivity contribution in [3.05, 3.63) is 64.6 Å². The van der Waals surface area contributed by atoms with Gasteiger partial charge in [0.25, 0.3) is 11.5 Å². The molecule has 1 aromatic carbocycles. The fraction of sp³-hybridized carbons (Fsp3) is 0.227. The first kappa shape index (κ1) is 22.6. The number of nitrogens with one attached hydrogen (secondary N) is 2. The quantitative estimate of drug-likeness (QED) is 0.225. The summed E-state index contributed by atoms with van der Waals surface area (Å²) in [6.45, 7) is 3.89. The Morgan fingerprint density at radius 2 is 1.94 bits per heavy atom. The van der Waals surface area contributed by atoms with Gasteiger partial charge in [-0.15, -0.1) is 0 Å². The Kier molecular flexibility index (Phi) is 6.96. The van der Waals surface area contributed by atoms with Crippen molar-refractivity contribution in [3.8, 4) is 11.3 Å². The van der Waals surface area contributed by atoms with Gasteiger partial charge in [0.2, 0.25) is 5.95 Å². The zero-order chi connectivity index (χ0) is 23.3. The number of rotatable bonds is 9. The normalized spacial score (nSPS) is 11.8. The third-order valence-corrected chi connectivity index (χ3v) is 4.73. The molecule has 6 N–H and O–H groups in total. The van der Waals surface area contributed by atoms with E-state index in [4.69, 9.17) is 11.6 Å². The third kappa shape index (κ3) is 5.16. The average Bonchev–Trinajstić information content (AvgIpc) is 2.77. The number of carbonyl (C=O) groups is 2. The Balaban J connectivity index is 1.95. The van der Waals surface area contributed by atoms with Crippen molar-refractivity contribution in [2.24, 2.45) is 17.5 Å². The van der Waals surface area contributed by atoms with Gasteiger partial charge in [-0.3, -0.25) is 24.6 Å². The zero-order valence-electron chi connectivity index (χ0n) is 17.8. The number of benzene rings is 1. The van der Waals surface area contributed by atoms with Gasteiger partial charge >= 0.3 is 0 Å². The Morgan fingerprint density at radius 3 is 2.50 bits per heavy atom. The van der Waals surface area contributed by atoms with Crippen LogP contribution in [0.5, 0.6) is 0 Å². The molecule has 10 heteroatoms. The largest absolute Gasteiger partial charge is 0.365 e. The number of hydrogen-bond donors (Lipinski definition) is 4. The van der Waals surface area contributed by atoms with Crippen LogP contribution in [0.4, 0.5) is 17.5 Å². The number of H-pyrrole nitrogens is 1. The maximum Gasteiger partial charge on any atom is 0.267 e. The molecule has 0 radical (unpaired) electrons. The van der Waals surface area contributed by atoms with E-state index >= 15 is 0 Å². The lowest BCUT2D eigenvalue weighted by atomic mass is 10.0. The lowest BCUT2D eigenvalue weighted by Crippen LogP contribution is -2.45. The molecule has 10 nitrogen and oxygen atoms in total. The van der Waals surface area contributed by atoms with Crippen molar-refractivity contribution in [2.75, 3.05) is 10.3 Å². The lowest BCUT2D eigenvalue weighted by molar-refractivity contribution is -0.109. The van der Waals surface area contributed by atoms with E-state index in [2.05, 4.69) is 20.3 Å². The molecular formula is C22H25N7O3. The molecule has 0 fully saturated rings. The molecular weight excluding hydrogens is 410 g/mol. The Morgan fingerprint density at radius 1 is 1.22 bits per heavy atom. The molecule has 0 aliphatic carbocycles. The number of aromatic amines is 1. The molecule has 0 aliphatic rings. The van der Waals surface area contributed by atoms with E-state index in [-0.39, 0.29) is 23.2 Å². The van der Waals surface area contributed by atoms with Crippen LogP contribution in [0, 0.1) is 5.92 Å². The monoisotopic (exact) mass is 435 g/mol. The summed E-state index contributed by atoms with van der Waals surface area (Å²) in [7, 11) is 0. The van der Waals surface area contributed by atoms with Crippen LogP contribution >= 0.6 is 0 Å². The highest BCUT2D eigenvalue weighted by molar-refractivity contribution is 5.98. The van der Waals surface area contributed by atoms with E-state index < -0.39 is 17.5 Å². The van der Waals surface area contributed by atoms with Gasteiger partial charge in [-0.2, -0.15) is 4.98 Å². The summed E-state index contributed by atoms with van der Waals surface area (Å²) in [5.41, 5.74) is 6.55. The van der Waals surface area contributed by atoms with Gasteiger partial charge < -0.3 is 15.8 Å². The van der Waals surface area contributed by atoms with Crippen molar-refractivity contribution in [3.63, 3.8) is 0 Å². The number of hydrogen-bond acceptors (Lipinski definition) is 8. The van der Waals surface area contributed by atoms with Gasteiger partial charge in [0, 0.05) is 17.4 Å². The van der Waals surface area contributed by atoms with E-state index in [1.165, 1.54) is 0 Å². The van der Waals surface area contributed by atoms with Gasteiger partial charge in [0.05, 0.1) is 5.69 Å². The van der Waals surface area contributed by atoms with E-state index in [1.807, 2.05) is 44.2 Å². The molecule has 0 spiro atoms. The standard InChI is InChI=1S/C22H25N7O3/c1-13(2)11-16(12-30)29(24)22-27-20(18(19(23)31)21(32)28-22)26-15-8-6-14(7-9-15)17-5-3-4-10-25-17/h3-10,12-13,16H,11,24H2,1-2H3,(H2,23,31)(H2,26,27,28,32)/t16-/m1/s1. The van der Waals surface area contributed by atoms with Crippen molar-refractivity contribution >= 4 is 29.6 Å². The Labute approximate surface area is 184 Å². The van der Waals surface area contributed by atoms with E-state index in [1.54, 1.807) is 18.3 Å². The smallest absolute Gasteiger partial charge is 0.267 e. The van der Waals surface area contributed by atoms with Crippen LogP contribution in [-0.4, -0.2) is 33.2 Å². The topological polar surface area (TPSA) is 160 Å². The van der Waals surface area contributed by atoms with Crippen LogP contribution in [0.25, 0.3) is 11.3 Å². The maximum atomic E-state index is 12.6. The lowest BCUT2D eigenvalue weighted by Gasteiger charge is -2.25. The summed E-state index contributed by atoms with van der Waals surface area (Å²) in [5, 5.41) is 4.02. The molecule has 0 saturated heterocycles. The number of nitrogens with two attached hydrogens (primary N) is 2. The van der Waals surface area contributed by atoms with E-state index in [0.29, 0.717) is 18.4 Å². The predicted octanol–water partition coefficient (Wildman–Crippen LogP) is 1.97. The minimum absolute atomic E-state index is 0.0634. The van der Waals surface area contributed by atoms with Crippen LogP contribution in [0.1, 0.15) is 30.6 Å². The first-order valence-electron chi connectivity index (χ1n) is 10.0. The summed E-state index contributed by atoms with van der Waals surface area (Å²) in [6, 6.07) is 12.1. The molecule has 0 unspecified atom stereocenters. The first-order valence-corrected chi connectivity index (χ1v) is 10.0. The number of aromatic nitrogens is 3. The van der Waals surface area contributed by atoms with Gasteiger partial charge in [-0.25, -0.2) is 5.84 Å².